The van der Waals surface area contributed by atoms with Crippen molar-refractivity contribution in [2.45, 2.75) is 77.0 Å². The molecular formula is C86H88N20O9. The van der Waals surface area contributed by atoms with Crippen LogP contribution in [0, 0.1) is 0 Å². The quantitative estimate of drug-likeness (QED) is 0.0329. The van der Waals surface area contributed by atoms with Crippen LogP contribution in [0.3, 0.4) is 0 Å². The number of aliphatic hydroxyl groups excluding tert-OH is 1. The number of nitrogens with zero attached hydrogens (tertiary/aromatic N) is 13. The second-order valence-corrected chi connectivity index (χ2v) is 28.9. The summed E-state index contributed by atoms with van der Waals surface area (Å²) in [4.78, 5) is 109. The van der Waals surface area contributed by atoms with Gasteiger partial charge in [0.25, 0.3) is 29.5 Å². The molecule has 0 unspecified atom stereocenters. The second kappa shape index (κ2) is 36.5. The number of carbonyl (C=O) groups is 6. The van der Waals surface area contributed by atoms with Crippen molar-refractivity contribution in [2.24, 2.45) is 5.73 Å². The smallest absolute Gasteiger partial charge is 0.276 e. The van der Waals surface area contributed by atoms with Crippen LogP contribution in [0.1, 0.15) is 121 Å². The summed E-state index contributed by atoms with van der Waals surface area (Å²) < 4.78 is 11.4. The van der Waals surface area contributed by atoms with E-state index in [4.69, 9.17) is 15.2 Å². The van der Waals surface area contributed by atoms with Gasteiger partial charge in [0.05, 0.1) is 71.5 Å². The molecule has 0 saturated carbocycles. The highest BCUT2D eigenvalue weighted by Gasteiger charge is 2.26. The Labute approximate surface area is 662 Å². The van der Waals surface area contributed by atoms with Crippen molar-refractivity contribution in [2.75, 3.05) is 89.3 Å². The van der Waals surface area contributed by atoms with E-state index in [2.05, 4.69) is 93.4 Å². The van der Waals surface area contributed by atoms with E-state index in [0.29, 0.717) is 61.6 Å². The first kappa shape index (κ1) is 77.1. The van der Waals surface area contributed by atoms with E-state index in [1.54, 1.807) is 53.7 Å². The molecule has 4 aromatic carbocycles. The van der Waals surface area contributed by atoms with E-state index < -0.39 is 5.91 Å². The van der Waals surface area contributed by atoms with Crippen molar-refractivity contribution < 1.29 is 43.3 Å². The van der Waals surface area contributed by atoms with Gasteiger partial charge in [-0.3, -0.25) is 68.8 Å². The molecule has 0 atom stereocenters. The molecule has 5 saturated heterocycles. The van der Waals surface area contributed by atoms with Crippen LogP contribution in [-0.4, -0.2) is 205 Å². The number of pyridine rings is 5. The van der Waals surface area contributed by atoms with Gasteiger partial charge in [-0.25, -0.2) is 9.97 Å². The minimum Gasteiger partial charge on any atom is -0.456 e. The van der Waals surface area contributed by atoms with Gasteiger partial charge >= 0.3 is 0 Å². The Morgan fingerprint density at radius 3 is 1.40 bits per heavy atom. The molecule has 5 aliphatic heterocycles. The average Bonchev–Trinajstić information content (AvgIpc) is 1.69. The van der Waals surface area contributed by atoms with E-state index in [-0.39, 0.29) is 59.1 Å². The van der Waals surface area contributed by atoms with E-state index >= 15 is 0 Å². The number of nitrogens with two attached hydrogens (primary N) is 1. The topological polar surface area (TPSA) is 370 Å². The minimum atomic E-state index is -0.417. The zero-order chi connectivity index (χ0) is 79.0. The average molecular weight is 1550 g/mol. The first-order valence-electron chi connectivity index (χ1n) is 38.8. The highest BCUT2D eigenvalue weighted by molar-refractivity contribution is 6.13. The molecule has 0 aliphatic carbocycles. The number of piperidine rings is 1. The molecule has 13 heterocycles. The van der Waals surface area contributed by atoms with Gasteiger partial charge in [-0.05, 0) is 176 Å². The lowest BCUT2D eigenvalue weighted by Gasteiger charge is -2.29. The summed E-state index contributed by atoms with van der Waals surface area (Å²) in [6, 6.07) is 39.7. The molecule has 12 aromatic rings. The molecule has 6 amide bonds. The maximum absolute atomic E-state index is 13.1. The number of morpholine rings is 1. The molecule has 0 radical (unpaired) electrons. The van der Waals surface area contributed by atoms with Gasteiger partial charge < -0.3 is 51.0 Å². The summed E-state index contributed by atoms with van der Waals surface area (Å²) in [6.07, 6.45) is 26.3. The van der Waals surface area contributed by atoms with Gasteiger partial charge in [0.15, 0.2) is 17.1 Å². The first-order chi connectivity index (χ1) is 56.3. The van der Waals surface area contributed by atoms with Gasteiger partial charge in [-0.1, -0.05) is 42.5 Å². The maximum Gasteiger partial charge on any atom is 0.276 e. The summed E-state index contributed by atoms with van der Waals surface area (Å²) in [5.41, 5.74) is 18.6. The molecule has 0 spiro atoms. The molecule has 5 aliphatic rings. The zero-order valence-corrected chi connectivity index (χ0v) is 63.4. The second-order valence-electron chi connectivity index (χ2n) is 28.9. The number of benzene rings is 4. The number of anilines is 2. The molecule has 586 valence electrons. The number of fused-ring (bicyclic) bond motifs is 3. The predicted octanol–water partition coefficient (Wildman–Crippen LogP) is 11.3. The third-order valence-corrected chi connectivity index (χ3v) is 20.8. The van der Waals surface area contributed by atoms with Crippen molar-refractivity contribution in [3.05, 3.63) is 241 Å². The molecule has 29 heteroatoms. The van der Waals surface area contributed by atoms with Gasteiger partial charge in [0.1, 0.15) is 22.9 Å². The highest BCUT2D eigenvalue weighted by Crippen LogP contribution is 2.33. The molecular weight excluding hydrogens is 1460 g/mol. The fraction of sp³-hybridized carbons (Fsp3) is 0.279. The Morgan fingerprint density at radius 1 is 0.478 bits per heavy atom. The molecule has 0 bridgehead atoms. The fourth-order valence-electron chi connectivity index (χ4n) is 14.6. The number of hydrogen-bond acceptors (Lipinski definition) is 20. The number of aliphatic hydroxyl groups is 1. The fourth-order valence-corrected chi connectivity index (χ4v) is 14.6. The number of carbonyl (C=O) groups excluding carboxylic acids is 6. The number of hydrogen-bond donors (Lipinski definition) is 8. The van der Waals surface area contributed by atoms with Crippen molar-refractivity contribution in [1.29, 1.82) is 0 Å². The Hall–Kier alpha value is -13.2. The summed E-state index contributed by atoms with van der Waals surface area (Å²) >= 11 is 0. The number of H-pyrrole nitrogens is 3. The number of nitrogens with one attached hydrogen (secondary N) is 6. The van der Waals surface area contributed by atoms with Gasteiger partial charge in [0.2, 0.25) is 5.91 Å². The number of likely N-dealkylation sites (tertiary alicyclic amines) is 4. The summed E-state index contributed by atoms with van der Waals surface area (Å²) in [5, 5.41) is 41.8. The number of ether oxygens (including phenoxy) is 2. The van der Waals surface area contributed by atoms with Crippen LogP contribution in [0.25, 0.3) is 66.1 Å². The van der Waals surface area contributed by atoms with E-state index in [9.17, 15) is 33.9 Å². The standard InChI is InChI=1S/C29H31N7O3.C29H28N6O3.C28H29N7O3/c37-23-7-11-35(12-8-23)18-19-13-21(16-30-15-19)20-3-5-25-24(14-20)27(34-33-25)28(38)32-22-4-6-26(31-17-22)29(39)36-9-1-2-10-36;30-17-22(7-6-10-27(36)35-13-4-5-14-35)32-29(37)28-25-16-20(11-12-26(25)33-34-28)21-15-24(19-31-18-21)38-23-8-2-1-3-9-23;36-27(31-22-4-6-25(30-17-22)28(37)35-7-1-2-8-35)26-23-14-20(3-5-24(23)32-33-26)21-13-19(15-29-16-21)18-34-9-11-38-12-10-34/h3-6,13-17,23,37H,1-2,7-12,18H2,(H,32,38)(H,33,34);1-3,6-9,11-12,15-19H,4-5,10,13-14,30H2,(H,32,37)(H,33,34);3-6,13-17H,1-2,7-12,18H2,(H,31,36)(H,32,33)/b;7-6-,22-17+;. The molecule has 29 nitrogen and oxygen atoms in total. The van der Waals surface area contributed by atoms with Crippen LogP contribution in [-0.2, 0) is 22.6 Å². The van der Waals surface area contributed by atoms with Crippen LogP contribution in [0.5, 0.6) is 11.5 Å². The van der Waals surface area contributed by atoms with Crippen LogP contribution in [0.2, 0.25) is 0 Å². The number of aromatic amines is 3. The summed E-state index contributed by atoms with van der Waals surface area (Å²) in [6.45, 7) is 11.3. The number of amides is 6. The minimum absolute atomic E-state index is 0.0694. The van der Waals surface area contributed by atoms with Crippen molar-refractivity contribution >= 4 is 79.5 Å². The number of allylic oxidation sites excluding steroid dienone is 1. The molecule has 5 fully saturated rings. The van der Waals surface area contributed by atoms with Crippen molar-refractivity contribution in [1.82, 2.24) is 85.3 Å². The van der Waals surface area contributed by atoms with E-state index in [1.807, 2.05) is 126 Å². The number of para-hydroxylation sites is 1. The molecule has 8 aromatic heterocycles. The Bertz CT molecular complexity index is 5520. The van der Waals surface area contributed by atoms with E-state index in [0.717, 1.165) is 199 Å². The Balaban J connectivity index is 0.000000136. The monoisotopic (exact) mass is 1540 g/mol. The lowest BCUT2D eigenvalue weighted by atomic mass is 10.0. The van der Waals surface area contributed by atoms with Crippen LogP contribution in [0.4, 0.5) is 11.4 Å². The zero-order valence-electron chi connectivity index (χ0n) is 63.4. The SMILES string of the molecule is N/C=C(\C=C/CC(=O)N1CCCC1)NC(=O)c1n[nH]c2ccc(-c3cncc(Oc4ccccc4)c3)cc12.O=C(Nc1ccc(C(=O)N2CCCC2)nc1)c1n[nH]c2ccc(-c3cncc(CN4CCC(O)CC4)c3)cc12.O=C(Nc1ccc(C(=O)N2CCCC2)nc1)c1n[nH]c2ccc(-c3cncc(CN4CCOCC4)c3)cc12. The molecule has 17 rings (SSSR count). The van der Waals surface area contributed by atoms with Crippen molar-refractivity contribution in [3.63, 3.8) is 0 Å². The lowest BCUT2D eigenvalue weighted by Crippen LogP contribution is -2.35. The number of rotatable bonds is 20. The van der Waals surface area contributed by atoms with Crippen molar-refractivity contribution in [3.8, 4) is 44.9 Å². The summed E-state index contributed by atoms with van der Waals surface area (Å²) in [5.74, 6) is 0.102. The van der Waals surface area contributed by atoms with Gasteiger partial charge in [0, 0.05) is 155 Å². The summed E-state index contributed by atoms with van der Waals surface area (Å²) in [7, 11) is 0. The molecule has 9 N–H and O–H groups in total. The third kappa shape index (κ3) is 19.3. The predicted molar refractivity (Wildman–Crippen MR) is 435 cm³/mol. The largest absolute Gasteiger partial charge is 0.456 e. The normalized spacial score (nSPS) is 15.5. The van der Waals surface area contributed by atoms with Crippen LogP contribution >= 0.6 is 0 Å². The van der Waals surface area contributed by atoms with E-state index in [1.165, 1.54) is 18.6 Å². The Morgan fingerprint density at radius 2 is 0.930 bits per heavy atom. The van der Waals surface area contributed by atoms with Crippen LogP contribution in [0.15, 0.2) is 201 Å². The number of aromatic nitrogens is 11. The maximum atomic E-state index is 13.1. The van der Waals surface area contributed by atoms with Crippen LogP contribution < -0.4 is 26.4 Å². The van der Waals surface area contributed by atoms with Gasteiger partial charge in [-0.2, -0.15) is 15.3 Å². The molecule has 115 heavy (non-hydrogen) atoms. The van der Waals surface area contributed by atoms with Gasteiger partial charge in [-0.15, -0.1) is 0 Å². The lowest BCUT2D eigenvalue weighted by molar-refractivity contribution is -0.129. The third-order valence-electron chi connectivity index (χ3n) is 20.8. The Kier molecular flexibility index (Phi) is 24.5. The first-order valence-corrected chi connectivity index (χ1v) is 38.8. The highest BCUT2D eigenvalue weighted by atomic mass is 16.5.